The Hall–Kier alpha value is -3.22. The molecule has 0 unspecified atom stereocenters. The summed E-state index contributed by atoms with van der Waals surface area (Å²) in [5.74, 6) is -2.73. The number of hydrogen-bond donors (Lipinski definition) is 1. The third-order valence-corrected chi connectivity index (χ3v) is 10.9. The number of sulfone groups is 1. The molecule has 0 spiro atoms. The van der Waals surface area contributed by atoms with Gasteiger partial charge in [0.25, 0.3) is 17.4 Å². The van der Waals surface area contributed by atoms with Crippen molar-refractivity contribution >= 4 is 21.7 Å². The van der Waals surface area contributed by atoms with Crippen LogP contribution in [-0.4, -0.2) is 59.5 Å². The first-order valence-corrected chi connectivity index (χ1v) is 14.2. The van der Waals surface area contributed by atoms with Gasteiger partial charge in [0.05, 0.1) is 15.9 Å². The van der Waals surface area contributed by atoms with E-state index in [-0.39, 0.29) is 63.1 Å². The molecule has 1 aromatic heterocycles. The summed E-state index contributed by atoms with van der Waals surface area (Å²) >= 11 is 0. The van der Waals surface area contributed by atoms with Gasteiger partial charge in [0.15, 0.2) is 9.84 Å². The van der Waals surface area contributed by atoms with Crippen LogP contribution < -0.4 is 10.9 Å². The fraction of sp³-hybridized carbons (Fsp3) is 0.500. The topological polar surface area (TPSA) is 106 Å². The van der Waals surface area contributed by atoms with Crippen molar-refractivity contribution < 1.29 is 35.6 Å². The van der Waals surface area contributed by atoms with Gasteiger partial charge in [0.2, 0.25) is 0 Å². The average molecular weight is 570 g/mol. The number of aromatic nitrogens is 1. The van der Waals surface area contributed by atoms with Gasteiger partial charge in [-0.2, -0.15) is 13.2 Å². The van der Waals surface area contributed by atoms with E-state index < -0.39 is 55.1 Å². The number of amides is 2. The van der Waals surface area contributed by atoms with Crippen LogP contribution in [0.5, 0.6) is 0 Å². The minimum atomic E-state index is -4.60. The van der Waals surface area contributed by atoms with Crippen LogP contribution in [0.2, 0.25) is 0 Å². The highest BCUT2D eigenvalue weighted by Crippen LogP contribution is 2.60. The van der Waals surface area contributed by atoms with E-state index in [0.717, 1.165) is 4.57 Å². The van der Waals surface area contributed by atoms with E-state index in [0.29, 0.717) is 11.1 Å². The number of carbonyl (C=O) groups excluding carboxylic acids is 2. The molecule has 2 fully saturated rings. The zero-order valence-corrected chi connectivity index (χ0v) is 21.9. The van der Waals surface area contributed by atoms with Crippen molar-refractivity contribution in [2.75, 3.05) is 18.8 Å². The molecule has 2 amide bonds. The van der Waals surface area contributed by atoms with Crippen molar-refractivity contribution in [2.45, 2.75) is 56.6 Å². The highest BCUT2D eigenvalue weighted by molar-refractivity contribution is 7.93. The van der Waals surface area contributed by atoms with Crippen molar-refractivity contribution in [1.82, 2.24) is 14.8 Å². The monoisotopic (exact) mass is 569 g/mol. The molecular formula is C26H27F4N3O5S. The second kappa shape index (κ2) is 9.17. The molecule has 0 atom stereocenters. The summed E-state index contributed by atoms with van der Waals surface area (Å²) in [6, 6.07) is 6.99. The SMILES string of the molecule is Cc1ccc(CNC(=O)c2ccc3n(c2=O)CCN(CC2(S(=O)(=O)CC4(C(F)(F)F)CC4)CC2)C3=O)cc1F. The largest absolute Gasteiger partial charge is 0.395 e. The van der Waals surface area contributed by atoms with Crippen molar-refractivity contribution in [2.24, 2.45) is 5.41 Å². The summed E-state index contributed by atoms with van der Waals surface area (Å²) in [5.41, 5.74) is -2.20. The van der Waals surface area contributed by atoms with Gasteiger partial charge in [-0.05, 0) is 61.9 Å². The molecule has 1 aromatic carbocycles. The lowest BCUT2D eigenvalue weighted by Gasteiger charge is -2.33. The van der Waals surface area contributed by atoms with E-state index in [9.17, 15) is 40.4 Å². The Morgan fingerprint density at radius 3 is 2.33 bits per heavy atom. The Balaban J connectivity index is 1.28. The molecule has 1 N–H and O–H groups in total. The quantitative estimate of drug-likeness (QED) is 0.493. The Morgan fingerprint density at radius 1 is 1.05 bits per heavy atom. The number of hydrogen-bond acceptors (Lipinski definition) is 5. The van der Waals surface area contributed by atoms with Gasteiger partial charge in [-0.1, -0.05) is 12.1 Å². The lowest BCUT2D eigenvalue weighted by molar-refractivity contribution is -0.180. The molecule has 0 radical (unpaired) electrons. The van der Waals surface area contributed by atoms with Crippen LogP contribution in [0.4, 0.5) is 17.6 Å². The molecule has 0 saturated heterocycles. The fourth-order valence-electron chi connectivity index (χ4n) is 5.05. The standard InChI is InChI=1S/C26H27F4N3O5S/c1-16-2-3-17(12-19(16)27)13-31-21(34)18-4-5-20-23(36)32(10-11-33(20)22(18)35)14-25(8-9-25)39(37,38)15-24(6-7-24)26(28,29)30/h2-5,12H,6-11,13-15H2,1H3,(H,31,34). The van der Waals surface area contributed by atoms with Crippen LogP contribution in [-0.2, 0) is 22.9 Å². The molecule has 39 heavy (non-hydrogen) atoms. The number of rotatable bonds is 8. The predicted molar refractivity (Wildman–Crippen MR) is 132 cm³/mol. The highest BCUT2D eigenvalue weighted by atomic mass is 32.2. The summed E-state index contributed by atoms with van der Waals surface area (Å²) in [4.78, 5) is 40.1. The van der Waals surface area contributed by atoms with Crippen LogP contribution in [0.25, 0.3) is 0 Å². The predicted octanol–water partition coefficient (Wildman–Crippen LogP) is 2.97. The molecule has 13 heteroatoms. The first kappa shape index (κ1) is 27.4. The van der Waals surface area contributed by atoms with Crippen LogP contribution in [0.3, 0.4) is 0 Å². The number of fused-ring (bicyclic) bond motifs is 1. The first-order chi connectivity index (χ1) is 18.2. The van der Waals surface area contributed by atoms with E-state index in [1.165, 1.54) is 23.1 Å². The Labute approximate surface area is 221 Å². The van der Waals surface area contributed by atoms with E-state index in [2.05, 4.69) is 5.32 Å². The summed E-state index contributed by atoms with van der Waals surface area (Å²) in [6.45, 7) is 1.31. The van der Waals surface area contributed by atoms with E-state index in [1.807, 2.05) is 0 Å². The van der Waals surface area contributed by atoms with E-state index >= 15 is 0 Å². The van der Waals surface area contributed by atoms with Gasteiger partial charge in [-0.25, -0.2) is 12.8 Å². The van der Waals surface area contributed by atoms with Gasteiger partial charge in [0.1, 0.15) is 17.1 Å². The van der Waals surface area contributed by atoms with E-state index in [4.69, 9.17) is 0 Å². The number of pyridine rings is 1. The Kier molecular flexibility index (Phi) is 6.43. The number of carbonyl (C=O) groups is 2. The van der Waals surface area contributed by atoms with Crippen molar-refractivity contribution in [1.29, 1.82) is 0 Å². The molecular weight excluding hydrogens is 542 g/mol. The summed E-state index contributed by atoms with van der Waals surface area (Å²) in [7, 11) is -4.15. The number of nitrogens with zero attached hydrogens (tertiary/aromatic N) is 2. The first-order valence-electron chi connectivity index (χ1n) is 12.5. The average Bonchev–Trinajstić information content (AvgIpc) is 3.78. The Bertz CT molecular complexity index is 1520. The smallest absolute Gasteiger partial charge is 0.348 e. The number of aryl methyl sites for hydroxylation is 1. The number of nitrogens with one attached hydrogen (secondary N) is 1. The maximum atomic E-state index is 13.8. The van der Waals surface area contributed by atoms with Crippen LogP contribution >= 0.6 is 0 Å². The highest BCUT2D eigenvalue weighted by Gasteiger charge is 2.68. The summed E-state index contributed by atoms with van der Waals surface area (Å²) in [6.07, 6.45) is -4.70. The maximum absolute atomic E-state index is 13.8. The van der Waals surface area contributed by atoms with Gasteiger partial charge in [0, 0.05) is 26.2 Å². The molecule has 8 nitrogen and oxygen atoms in total. The Morgan fingerprint density at radius 2 is 1.74 bits per heavy atom. The normalized spacial score (nSPS) is 19.4. The van der Waals surface area contributed by atoms with Crippen LogP contribution in [0.15, 0.2) is 35.1 Å². The lowest BCUT2D eigenvalue weighted by atomic mass is 10.1. The molecule has 5 rings (SSSR count). The number of benzene rings is 1. The zero-order chi connectivity index (χ0) is 28.4. The number of alkyl halides is 3. The molecule has 2 aliphatic carbocycles. The third-order valence-electron chi connectivity index (χ3n) is 8.08. The molecule has 210 valence electrons. The summed E-state index contributed by atoms with van der Waals surface area (Å²) in [5, 5.41) is 2.56. The van der Waals surface area contributed by atoms with Gasteiger partial charge < -0.3 is 14.8 Å². The minimum Gasteiger partial charge on any atom is -0.348 e. The van der Waals surface area contributed by atoms with Crippen molar-refractivity contribution in [3.05, 3.63) is 68.9 Å². The van der Waals surface area contributed by atoms with Gasteiger partial charge in [-0.3, -0.25) is 14.4 Å². The molecule has 0 bridgehead atoms. The lowest BCUT2D eigenvalue weighted by Crippen LogP contribution is -2.50. The molecule has 2 saturated carbocycles. The molecule has 1 aliphatic heterocycles. The summed E-state index contributed by atoms with van der Waals surface area (Å²) < 4.78 is 79.8. The van der Waals surface area contributed by atoms with E-state index in [1.54, 1.807) is 19.1 Å². The number of halogens is 4. The second-order valence-electron chi connectivity index (χ2n) is 10.8. The zero-order valence-electron chi connectivity index (χ0n) is 21.1. The molecule has 2 heterocycles. The maximum Gasteiger partial charge on any atom is 0.395 e. The second-order valence-corrected chi connectivity index (χ2v) is 13.2. The van der Waals surface area contributed by atoms with Gasteiger partial charge >= 0.3 is 6.18 Å². The third kappa shape index (κ3) is 4.85. The van der Waals surface area contributed by atoms with Gasteiger partial charge in [-0.15, -0.1) is 0 Å². The molecule has 3 aliphatic rings. The fourth-order valence-corrected chi connectivity index (χ4v) is 7.61. The van der Waals surface area contributed by atoms with Crippen LogP contribution in [0, 0.1) is 18.2 Å². The van der Waals surface area contributed by atoms with Crippen molar-refractivity contribution in [3.63, 3.8) is 0 Å². The van der Waals surface area contributed by atoms with Crippen molar-refractivity contribution in [3.8, 4) is 0 Å². The van der Waals surface area contributed by atoms with Crippen LogP contribution in [0.1, 0.15) is 57.7 Å². The minimum absolute atomic E-state index is 0.00713. The molecule has 2 aromatic rings.